The molecule has 1 N–H and O–H groups in total. The number of nitrogens with one attached hydrogen (secondary N) is 1. The van der Waals surface area contributed by atoms with Crippen molar-refractivity contribution >= 4 is 23.2 Å². The molecule has 154 valence electrons. The molecule has 3 aromatic carbocycles. The Morgan fingerprint density at radius 2 is 1.61 bits per heavy atom. The number of amides is 1. The van der Waals surface area contributed by atoms with Crippen LogP contribution in [0.3, 0.4) is 0 Å². The zero-order chi connectivity index (χ0) is 21.6. The van der Waals surface area contributed by atoms with Gasteiger partial charge in [-0.05, 0) is 48.5 Å². The van der Waals surface area contributed by atoms with Crippen LogP contribution in [-0.2, 0) is 0 Å². The lowest BCUT2D eigenvalue weighted by molar-refractivity contribution is 0.102. The van der Waals surface area contributed by atoms with Crippen LogP contribution in [0, 0.1) is 0 Å². The van der Waals surface area contributed by atoms with Gasteiger partial charge in [-0.3, -0.25) is 4.79 Å². The molecule has 7 heteroatoms. The van der Waals surface area contributed by atoms with E-state index >= 15 is 0 Å². The first kappa shape index (κ1) is 20.4. The van der Waals surface area contributed by atoms with Crippen LogP contribution in [0.1, 0.15) is 10.4 Å². The molecule has 0 bridgehead atoms. The minimum absolute atomic E-state index is 0.211. The van der Waals surface area contributed by atoms with E-state index in [2.05, 4.69) is 15.3 Å². The third-order valence-corrected chi connectivity index (χ3v) is 4.72. The lowest BCUT2D eigenvalue weighted by Crippen LogP contribution is -2.11. The number of nitrogens with zero attached hydrogens (tertiary/aromatic N) is 2. The van der Waals surface area contributed by atoms with Crippen LogP contribution in [0.25, 0.3) is 11.3 Å². The third kappa shape index (κ3) is 4.99. The van der Waals surface area contributed by atoms with E-state index in [1.54, 1.807) is 55.6 Å². The maximum atomic E-state index is 12.5. The molecule has 0 aliphatic carbocycles. The molecule has 1 heterocycles. The summed E-state index contributed by atoms with van der Waals surface area (Å²) in [5.41, 5.74) is 2.70. The number of ether oxygens (including phenoxy) is 2. The minimum atomic E-state index is -0.211. The number of aromatic nitrogens is 2. The van der Waals surface area contributed by atoms with Crippen molar-refractivity contribution in [3.63, 3.8) is 0 Å². The van der Waals surface area contributed by atoms with Crippen molar-refractivity contribution in [2.24, 2.45) is 0 Å². The average molecular weight is 432 g/mol. The molecule has 0 atom stereocenters. The van der Waals surface area contributed by atoms with E-state index in [0.29, 0.717) is 39.3 Å². The van der Waals surface area contributed by atoms with Gasteiger partial charge in [-0.2, -0.15) is 0 Å². The van der Waals surface area contributed by atoms with Crippen LogP contribution in [0.2, 0.25) is 5.02 Å². The number of benzene rings is 3. The standard InChI is InChI=1S/C24H18ClN3O3/c1-30-21-4-2-3-5-22(21)31-23-14-20(26-15-27-23)16-6-8-17(9-7-16)24(29)28-19-12-10-18(25)11-13-19/h2-15H,1H3,(H,28,29). The van der Waals surface area contributed by atoms with Crippen LogP contribution < -0.4 is 14.8 Å². The molecule has 0 aliphatic rings. The molecule has 6 nitrogen and oxygen atoms in total. The van der Waals surface area contributed by atoms with Gasteiger partial charge < -0.3 is 14.8 Å². The van der Waals surface area contributed by atoms with Gasteiger partial charge in [0.2, 0.25) is 5.88 Å². The molecule has 4 rings (SSSR count). The quantitative estimate of drug-likeness (QED) is 0.414. The number of hydrogen-bond acceptors (Lipinski definition) is 5. The summed E-state index contributed by atoms with van der Waals surface area (Å²) in [4.78, 5) is 20.9. The van der Waals surface area contributed by atoms with Gasteiger partial charge in [-0.15, -0.1) is 0 Å². The van der Waals surface area contributed by atoms with E-state index in [4.69, 9.17) is 21.1 Å². The Labute approximate surface area is 184 Å². The lowest BCUT2D eigenvalue weighted by Gasteiger charge is -2.10. The Hall–Kier alpha value is -3.90. The van der Waals surface area contributed by atoms with Crippen molar-refractivity contribution < 1.29 is 14.3 Å². The fraction of sp³-hybridized carbons (Fsp3) is 0.0417. The molecule has 0 saturated heterocycles. The Morgan fingerprint density at radius 3 is 2.32 bits per heavy atom. The largest absolute Gasteiger partial charge is 0.493 e. The second-order valence-corrected chi connectivity index (χ2v) is 6.97. The molecule has 0 saturated carbocycles. The number of carbonyl (C=O) groups excluding carboxylic acids is 1. The molecule has 0 spiro atoms. The summed E-state index contributed by atoms with van der Waals surface area (Å²) < 4.78 is 11.2. The highest BCUT2D eigenvalue weighted by atomic mass is 35.5. The first-order valence-corrected chi connectivity index (χ1v) is 9.80. The van der Waals surface area contributed by atoms with Gasteiger partial charge in [0.1, 0.15) is 6.33 Å². The van der Waals surface area contributed by atoms with Crippen LogP contribution in [0.15, 0.2) is 85.2 Å². The second-order valence-electron chi connectivity index (χ2n) is 6.53. The number of anilines is 1. The highest BCUT2D eigenvalue weighted by Gasteiger charge is 2.10. The number of carbonyl (C=O) groups is 1. The zero-order valence-electron chi connectivity index (χ0n) is 16.6. The average Bonchev–Trinajstić information content (AvgIpc) is 2.81. The number of methoxy groups -OCH3 is 1. The predicted molar refractivity (Wildman–Crippen MR) is 120 cm³/mol. The van der Waals surface area contributed by atoms with E-state index in [-0.39, 0.29) is 5.91 Å². The van der Waals surface area contributed by atoms with Crippen molar-refractivity contribution in [2.75, 3.05) is 12.4 Å². The van der Waals surface area contributed by atoms with E-state index in [1.165, 1.54) is 6.33 Å². The first-order valence-electron chi connectivity index (χ1n) is 9.42. The van der Waals surface area contributed by atoms with Crippen LogP contribution in [0.5, 0.6) is 17.4 Å². The monoisotopic (exact) mass is 431 g/mol. The summed E-state index contributed by atoms with van der Waals surface area (Å²) in [5.74, 6) is 1.35. The number of hydrogen-bond donors (Lipinski definition) is 1. The first-order chi connectivity index (χ1) is 15.1. The Bertz CT molecular complexity index is 1200. The topological polar surface area (TPSA) is 73.3 Å². The van der Waals surface area contributed by atoms with Crippen molar-refractivity contribution in [2.45, 2.75) is 0 Å². The van der Waals surface area contributed by atoms with Gasteiger partial charge in [-0.25, -0.2) is 9.97 Å². The molecule has 0 fully saturated rings. The third-order valence-electron chi connectivity index (χ3n) is 4.47. The Kier molecular flexibility index (Phi) is 6.10. The van der Waals surface area contributed by atoms with Crippen LogP contribution >= 0.6 is 11.6 Å². The molecule has 31 heavy (non-hydrogen) atoms. The maximum absolute atomic E-state index is 12.5. The number of rotatable bonds is 6. The SMILES string of the molecule is COc1ccccc1Oc1cc(-c2ccc(C(=O)Nc3ccc(Cl)cc3)cc2)ncn1. The van der Waals surface area contributed by atoms with Gasteiger partial charge in [0, 0.05) is 27.9 Å². The molecular weight excluding hydrogens is 414 g/mol. The second kappa shape index (κ2) is 9.28. The molecule has 0 radical (unpaired) electrons. The molecule has 1 amide bonds. The smallest absolute Gasteiger partial charge is 0.255 e. The maximum Gasteiger partial charge on any atom is 0.255 e. The number of halogens is 1. The van der Waals surface area contributed by atoms with Crippen molar-refractivity contribution in [3.8, 4) is 28.6 Å². The minimum Gasteiger partial charge on any atom is -0.493 e. The molecular formula is C24H18ClN3O3. The fourth-order valence-electron chi connectivity index (χ4n) is 2.90. The molecule has 0 unspecified atom stereocenters. The fourth-order valence-corrected chi connectivity index (χ4v) is 3.02. The normalized spacial score (nSPS) is 10.4. The molecule has 0 aliphatic heterocycles. The van der Waals surface area contributed by atoms with Gasteiger partial charge >= 0.3 is 0 Å². The van der Waals surface area contributed by atoms with Crippen LogP contribution in [-0.4, -0.2) is 23.0 Å². The van der Waals surface area contributed by atoms with Crippen molar-refractivity contribution in [3.05, 3.63) is 95.8 Å². The lowest BCUT2D eigenvalue weighted by atomic mass is 10.1. The molecule has 4 aromatic rings. The molecule has 1 aromatic heterocycles. The van der Waals surface area contributed by atoms with Gasteiger partial charge in [0.25, 0.3) is 5.91 Å². The van der Waals surface area contributed by atoms with Gasteiger partial charge in [0.05, 0.1) is 12.8 Å². The predicted octanol–water partition coefficient (Wildman–Crippen LogP) is 5.85. The van der Waals surface area contributed by atoms with E-state index in [1.807, 2.05) is 30.3 Å². The summed E-state index contributed by atoms with van der Waals surface area (Å²) in [6, 6.07) is 23.1. The Balaban J connectivity index is 1.49. The Morgan fingerprint density at radius 1 is 0.903 bits per heavy atom. The number of para-hydroxylation sites is 2. The van der Waals surface area contributed by atoms with E-state index < -0.39 is 0 Å². The summed E-state index contributed by atoms with van der Waals surface area (Å²) in [5, 5.41) is 3.45. The highest BCUT2D eigenvalue weighted by Crippen LogP contribution is 2.31. The van der Waals surface area contributed by atoms with E-state index in [9.17, 15) is 4.79 Å². The van der Waals surface area contributed by atoms with E-state index in [0.717, 1.165) is 5.56 Å². The highest BCUT2D eigenvalue weighted by molar-refractivity contribution is 6.30. The van der Waals surface area contributed by atoms with Crippen molar-refractivity contribution in [1.29, 1.82) is 0 Å². The van der Waals surface area contributed by atoms with Gasteiger partial charge in [-0.1, -0.05) is 35.9 Å². The van der Waals surface area contributed by atoms with Crippen molar-refractivity contribution in [1.82, 2.24) is 9.97 Å². The summed E-state index contributed by atoms with van der Waals surface area (Å²) in [6.07, 6.45) is 1.43. The zero-order valence-corrected chi connectivity index (χ0v) is 17.3. The summed E-state index contributed by atoms with van der Waals surface area (Å²) in [7, 11) is 1.58. The summed E-state index contributed by atoms with van der Waals surface area (Å²) in [6.45, 7) is 0. The van der Waals surface area contributed by atoms with Gasteiger partial charge in [0.15, 0.2) is 11.5 Å². The van der Waals surface area contributed by atoms with Crippen LogP contribution in [0.4, 0.5) is 5.69 Å². The summed E-state index contributed by atoms with van der Waals surface area (Å²) >= 11 is 5.87.